The number of carboxylic acid groups (broad SMARTS) is 2. The number of hydrogen-bond acceptors (Lipinski definition) is 7. The zero-order valence-electron chi connectivity index (χ0n) is 18.3. The van der Waals surface area contributed by atoms with Gasteiger partial charge in [-0.1, -0.05) is 0 Å². The van der Waals surface area contributed by atoms with Crippen molar-refractivity contribution in [2.45, 2.75) is 6.04 Å². The average molecular weight is 441 g/mol. The Labute approximate surface area is 186 Å². The van der Waals surface area contributed by atoms with Gasteiger partial charge in [0.2, 0.25) is 0 Å². The molecule has 2 fully saturated rings. The number of methoxy groups -OCH3 is 2. The fourth-order valence-electron chi connectivity index (χ4n) is 3.99. The molecule has 2 aliphatic rings. The highest BCUT2D eigenvalue weighted by atomic mass is 16.5. The molecule has 170 valence electrons. The van der Waals surface area contributed by atoms with Crippen molar-refractivity contribution in [2.75, 3.05) is 45.8 Å². The van der Waals surface area contributed by atoms with Gasteiger partial charge in [-0.2, -0.15) is 0 Å². The van der Waals surface area contributed by atoms with Crippen molar-refractivity contribution in [1.82, 2.24) is 9.88 Å². The molecule has 0 saturated carbocycles. The van der Waals surface area contributed by atoms with Gasteiger partial charge in [-0.3, -0.25) is 4.98 Å². The number of rotatable bonds is 6. The van der Waals surface area contributed by atoms with Crippen LogP contribution in [-0.2, 0) is 9.59 Å². The van der Waals surface area contributed by atoms with E-state index in [9.17, 15) is 9.59 Å². The molecule has 0 spiro atoms. The Morgan fingerprint density at radius 2 is 1.69 bits per heavy atom. The Morgan fingerprint density at radius 3 is 2.19 bits per heavy atom. The maximum absolute atomic E-state index is 9.55. The minimum Gasteiger partial charge on any atom is -0.493 e. The number of hydrogen-bond donors (Lipinski definition) is 2. The molecule has 0 bridgehead atoms. The molecule has 2 N–H and O–H groups in total. The number of likely N-dealkylation sites (tertiary alicyclic amines) is 1. The largest absolute Gasteiger partial charge is 0.493 e. The number of anilines is 1. The van der Waals surface area contributed by atoms with E-state index in [4.69, 9.17) is 19.7 Å². The predicted molar refractivity (Wildman–Crippen MR) is 119 cm³/mol. The van der Waals surface area contributed by atoms with Gasteiger partial charge >= 0.3 is 11.9 Å². The van der Waals surface area contributed by atoms with E-state index in [1.54, 1.807) is 14.2 Å². The van der Waals surface area contributed by atoms with E-state index in [-0.39, 0.29) is 0 Å². The Morgan fingerprint density at radius 1 is 1.00 bits per heavy atom. The van der Waals surface area contributed by atoms with Gasteiger partial charge in [0.25, 0.3) is 0 Å². The third-order valence-corrected chi connectivity index (χ3v) is 5.66. The fourth-order valence-corrected chi connectivity index (χ4v) is 3.99. The number of aromatic nitrogens is 1. The molecule has 0 amide bonds. The molecule has 0 unspecified atom stereocenters. The van der Waals surface area contributed by atoms with Crippen LogP contribution in [0.2, 0.25) is 0 Å². The van der Waals surface area contributed by atoms with Gasteiger partial charge in [-0.05, 0) is 37.4 Å². The second-order valence-electron chi connectivity index (χ2n) is 7.65. The van der Waals surface area contributed by atoms with E-state index in [1.165, 1.54) is 12.2 Å². The zero-order chi connectivity index (χ0) is 23.3. The standard InChI is InChI=1S/C19H23N3O2.C4H4O4/c1-21-10-14-11-22(12-17(14)21)15-5-6-16(20-9-15)13-4-7-18(23-2)19(8-13)24-3;5-3(6)1-2-4(7)8/h4-9,14,17H,10-12H2,1-3H3;1-2H,(H,5,6)(H,7,8)/b;2-1+/t14-,17+;/m1./s1. The number of carboxylic acids is 2. The van der Waals surface area contributed by atoms with E-state index in [0.717, 1.165) is 47.8 Å². The van der Waals surface area contributed by atoms with Crippen LogP contribution in [0.4, 0.5) is 5.69 Å². The molecule has 32 heavy (non-hydrogen) atoms. The second-order valence-corrected chi connectivity index (χ2v) is 7.65. The SMILES string of the molecule is COc1ccc(-c2ccc(N3C[C@H]4CN(C)[C@H]4C3)cn2)cc1OC.O=C(O)/C=C/C(=O)O. The molecule has 2 aliphatic heterocycles. The summed E-state index contributed by atoms with van der Waals surface area (Å²) >= 11 is 0. The smallest absolute Gasteiger partial charge is 0.328 e. The normalized spacial score (nSPS) is 19.5. The lowest BCUT2D eigenvalue weighted by Gasteiger charge is -2.40. The van der Waals surface area contributed by atoms with Crippen LogP contribution in [-0.4, -0.2) is 79.0 Å². The third kappa shape index (κ3) is 5.36. The number of ether oxygens (including phenoxy) is 2. The van der Waals surface area contributed by atoms with Crippen LogP contribution in [0.3, 0.4) is 0 Å². The lowest BCUT2D eigenvalue weighted by Crippen LogP contribution is -2.52. The van der Waals surface area contributed by atoms with E-state index in [0.29, 0.717) is 12.2 Å². The summed E-state index contributed by atoms with van der Waals surface area (Å²) in [6.45, 7) is 3.48. The monoisotopic (exact) mass is 441 g/mol. The van der Waals surface area contributed by atoms with Crippen molar-refractivity contribution < 1.29 is 29.3 Å². The van der Waals surface area contributed by atoms with E-state index in [1.807, 2.05) is 24.4 Å². The van der Waals surface area contributed by atoms with Gasteiger partial charge in [0.1, 0.15) is 0 Å². The van der Waals surface area contributed by atoms with Crippen LogP contribution < -0.4 is 14.4 Å². The number of benzene rings is 1. The Balaban J connectivity index is 0.000000312. The molecule has 0 radical (unpaired) electrons. The summed E-state index contributed by atoms with van der Waals surface area (Å²) in [6.07, 6.45) is 3.10. The highest BCUT2D eigenvalue weighted by Gasteiger charge is 2.43. The lowest BCUT2D eigenvalue weighted by atomic mass is 9.93. The number of pyridine rings is 1. The zero-order valence-corrected chi connectivity index (χ0v) is 18.3. The molecule has 9 nitrogen and oxygen atoms in total. The number of aliphatic carboxylic acids is 2. The van der Waals surface area contributed by atoms with Crippen LogP contribution in [0.25, 0.3) is 11.3 Å². The first-order valence-corrected chi connectivity index (χ1v) is 10.1. The summed E-state index contributed by atoms with van der Waals surface area (Å²) in [5, 5.41) is 15.6. The first kappa shape index (κ1) is 23.1. The summed E-state index contributed by atoms with van der Waals surface area (Å²) in [4.78, 5) is 28.7. The van der Waals surface area contributed by atoms with Gasteiger partial charge in [0.05, 0.1) is 31.8 Å². The molecule has 2 saturated heterocycles. The molecule has 1 aromatic carbocycles. The number of carbonyl (C=O) groups is 2. The Kier molecular flexibility index (Phi) is 7.32. The van der Waals surface area contributed by atoms with Gasteiger partial charge in [-0.15, -0.1) is 0 Å². The van der Waals surface area contributed by atoms with Gasteiger partial charge in [0, 0.05) is 49.3 Å². The molecular formula is C23H27N3O6. The molecule has 3 heterocycles. The highest BCUT2D eigenvalue weighted by Crippen LogP contribution is 2.35. The van der Waals surface area contributed by atoms with Crippen LogP contribution in [0.5, 0.6) is 11.5 Å². The van der Waals surface area contributed by atoms with Crippen LogP contribution in [0, 0.1) is 5.92 Å². The van der Waals surface area contributed by atoms with Gasteiger partial charge in [0.15, 0.2) is 11.5 Å². The minimum atomic E-state index is -1.26. The number of nitrogens with zero attached hydrogens (tertiary/aromatic N) is 3. The maximum atomic E-state index is 9.55. The van der Waals surface area contributed by atoms with Crippen LogP contribution >= 0.6 is 0 Å². The maximum Gasteiger partial charge on any atom is 0.328 e. The molecule has 0 aliphatic carbocycles. The summed E-state index contributed by atoms with van der Waals surface area (Å²) in [7, 11) is 5.51. The first-order valence-electron chi connectivity index (χ1n) is 10.1. The molecule has 2 aromatic rings. The summed E-state index contributed by atoms with van der Waals surface area (Å²) in [6, 6.07) is 10.9. The topological polar surface area (TPSA) is 112 Å². The van der Waals surface area contributed by atoms with Gasteiger partial charge in [-0.25, -0.2) is 9.59 Å². The molecule has 1 aromatic heterocycles. The van der Waals surface area contributed by atoms with Crippen molar-refractivity contribution in [2.24, 2.45) is 5.92 Å². The van der Waals surface area contributed by atoms with Crippen molar-refractivity contribution in [3.05, 3.63) is 48.7 Å². The molecule has 9 heteroatoms. The van der Waals surface area contributed by atoms with Crippen molar-refractivity contribution >= 4 is 17.6 Å². The summed E-state index contributed by atoms with van der Waals surface area (Å²) in [5.74, 6) is -0.241. The highest BCUT2D eigenvalue weighted by molar-refractivity contribution is 5.89. The van der Waals surface area contributed by atoms with Gasteiger partial charge < -0.3 is 29.5 Å². The minimum absolute atomic E-state index is 0.558. The van der Waals surface area contributed by atoms with Crippen molar-refractivity contribution in [3.63, 3.8) is 0 Å². The summed E-state index contributed by atoms with van der Waals surface area (Å²) in [5.41, 5.74) is 3.18. The average Bonchev–Trinajstić information content (AvgIpc) is 3.14. The predicted octanol–water partition coefficient (Wildman–Crippen LogP) is 2.23. The summed E-state index contributed by atoms with van der Waals surface area (Å²) < 4.78 is 10.7. The van der Waals surface area contributed by atoms with Crippen LogP contribution in [0.15, 0.2) is 48.7 Å². The lowest BCUT2D eigenvalue weighted by molar-refractivity contribution is -0.134. The fraction of sp³-hybridized carbons (Fsp3) is 0.348. The Hall–Kier alpha value is -3.59. The van der Waals surface area contributed by atoms with E-state index < -0.39 is 11.9 Å². The van der Waals surface area contributed by atoms with Crippen molar-refractivity contribution in [1.29, 1.82) is 0 Å². The second kappa shape index (κ2) is 10.1. The van der Waals surface area contributed by atoms with E-state index in [2.05, 4.69) is 34.0 Å². The Bertz CT molecular complexity index is 976. The molecular weight excluding hydrogens is 414 g/mol. The van der Waals surface area contributed by atoms with Crippen molar-refractivity contribution in [3.8, 4) is 22.8 Å². The molecule has 2 atom stereocenters. The van der Waals surface area contributed by atoms with E-state index >= 15 is 0 Å². The molecule has 4 rings (SSSR count). The number of fused-ring (bicyclic) bond motifs is 1. The third-order valence-electron chi connectivity index (χ3n) is 5.66. The first-order chi connectivity index (χ1) is 15.3. The quantitative estimate of drug-likeness (QED) is 0.652. The van der Waals surface area contributed by atoms with Crippen LogP contribution in [0.1, 0.15) is 0 Å². The number of likely N-dealkylation sites (N-methyl/N-ethyl adjacent to an activating group) is 1.